The van der Waals surface area contributed by atoms with Gasteiger partial charge in [0, 0.05) is 19.3 Å². The van der Waals surface area contributed by atoms with Gasteiger partial charge in [0.05, 0.1) is 0 Å². The van der Waals surface area contributed by atoms with Gasteiger partial charge in [-0.25, -0.2) is 0 Å². The number of unbranched alkanes of at least 4 members (excludes halogenated alkanes) is 28. The van der Waals surface area contributed by atoms with Gasteiger partial charge in [-0.05, 0) is 31.1 Å². The third kappa shape index (κ3) is 43.4. The quantitative estimate of drug-likeness (QED) is 0.0348. The Balaban J connectivity index is 4.19. The van der Waals surface area contributed by atoms with Crippen molar-refractivity contribution in [2.75, 3.05) is 13.2 Å². The number of carbonyl (C=O) groups excluding carboxylic acids is 3. The molecule has 0 bridgehead atoms. The van der Waals surface area contributed by atoms with Gasteiger partial charge in [0.25, 0.3) is 0 Å². The molecule has 55 heavy (non-hydrogen) atoms. The topological polar surface area (TPSA) is 78.9 Å². The van der Waals surface area contributed by atoms with Crippen LogP contribution in [0.4, 0.5) is 0 Å². The van der Waals surface area contributed by atoms with Gasteiger partial charge in [-0.15, -0.1) is 0 Å². The molecular weight excluding hydrogens is 685 g/mol. The molecule has 0 amide bonds. The highest BCUT2D eigenvalue weighted by Crippen LogP contribution is 2.17. The van der Waals surface area contributed by atoms with Gasteiger partial charge in [-0.3, -0.25) is 14.4 Å². The van der Waals surface area contributed by atoms with E-state index in [0.29, 0.717) is 19.3 Å². The van der Waals surface area contributed by atoms with Crippen LogP contribution in [0.2, 0.25) is 0 Å². The predicted molar refractivity (Wildman–Crippen MR) is 233 cm³/mol. The fourth-order valence-corrected chi connectivity index (χ4v) is 7.28. The van der Waals surface area contributed by atoms with Crippen molar-refractivity contribution < 1.29 is 28.6 Å². The van der Waals surface area contributed by atoms with Crippen LogP contribution in [0.5, 0.6) is 0 Å². The molecule has 0 heterocycles. The Morgan fingerprint density at radius 2 is 0.600 bits per heavy atom. The average molecular weight is 779 g/mol. The second kappa shape index (κ2) is 42.0. The Bertz CT molecular complexity index is 839. The summed E-state index contributed by atoms with van der Waals surface area (Å²) in [4.78, 5) is 37.7. The number of ether oxygens (including phenoxy) is 3. The number of hydrogen-bond donors (Lipinski definition) is 0. The zero-order valence-corrected chi connectivity index (χ0v) is 37.6. The van der Waals surface area contributed by atoms with Crippen molar-refractivity contribution in [2.45, 2.75) is 272 Å². The largest absolute Gasteiger partial charge is 0.462 e. The molecule has 0 radical (unpaired) electrons. The lowest BCUT2D eigenvalue weighted by atomic mass is 10.0. The standard InChI is InChI=1S/C49H94O6/c1-6-7-8-9-22-29-34-39-47(50)53-42-46(55-49(52)41-36-31-26-21-17-19-24-28-33-38-45(4)5)43-54-48(51)40-35-30-25-20-16-14-12-10-11-13-15-18-23-27-32-37-44(2)3/h44-46H,6-43H2,1-5H3/t46-/m0/s1. The molecule has 6 heteroatoms. The van der Waals surface area contributed by atoms with Crippen LogP contribution in [-0.2, 0) is 28.6 Å². The summed E-state index contributed by atoms with van der Waals surface area (Å²) in [5.41, 5.74) is 0. The number of hydrogen-bond acceptors (Lipinski definition) is 6. The summed E-state index contributed by atoms with van der Waals surface area (Å²) >= 11 is 0. The molecule has 0 spiro atoms. The van der Waals surface area contributed by atoms with Crippen LogP contribution in [0.1, 0.15) is 266 Å². The fourth-order valence-electron chi connectivity index (χ4n) is 7.28. The lowest BCUT2D eigenvalue weighted by molar-refractivity contribution is -0.167. The molecule has 0 aromatic carbocycles. The van der Waals surface area contributed by atoms with E-state index in [1.54, 1.807) is 0 Å². The first-order valence-electron chi connectivity index (χ1n) is 24.2. The van der Waals surface area contributed by atoms with Crippen LogP contribution in [0.3, 0.4) is 0 Å². The van der Waals surface area contributed by atoms with Crippen molar-refractivity contribution in [2.24, 2.45) is 11.8 Å². The molecule has 0 aromatic heterocycles. The van der Waals surface area contributed by atoms with Crippen LogP contribution in [-0.4, -0.2) is 37.2 Å². The maximum absolute atomic E-state index is 12.7. The summed E-state index contributed by atoms with van der Waals surface area (Å²) in [5, 5.41) is 0. The summed E-state index contributed by atoms with van der Waals surface area (Å²) in [6, 6.07) is 0. The smallest absolute Gasteiger partial charge is 0.306 e. The molecule has 1 atom stereocenters. The summed E-state index contributed by atoms with van der Waals surface area (Å²) < 4.78 is 16.7. The zero-order valence-electron chi connectivity index (χ0n) is 37.6. The third-order valence-electron chi connectivity index (χ3n) is 11.0. The minimum atomic E-state index is -0.760. The molecule has 0 saturated carbocycles. The summed E-state index contributed by atoms with van der Waals surface area (Å²) in [5.74, 6) is 0.795. The van der Waals surface area contributed by atoms with Crippen molar-refractivity contribution in [3.8, 4) is 0 Å². The van der Waals surface area contributed by atoms with Crippen LogP contribution in [0.25, 0.3) is 0 Å². The van der Waals surface area contributed by atoms with E-state index in [2.05, 4.69) is 34.6 Å². The maximum atomic E-state index is 12.7. The minimum absolute atomic E-state index is 0.0647. The number of carbonyl (C=O) groups is 3. The Labute approximate surface area is 342 Å². The van der Waals surface area contributed by atoms with Crippen LogP contribution >= 0.6 is 0 Å². The van der Waals surface area contributed by atoms with Crippen LogP contribution in [0.15, 0.2) is 0 Å². The Hall–Kier alpha value is -1.59. The Morgan fingerprint density at radius 3 is 0.891 bits per heavy atom. The molecular formula is C49H94O6. The molecule has 0 unspecified atom stereocenters. The van der Waals surface area contributed by atoms with Gasteiger partial charge < -0.3 is 14.2 Å². The maximum Gasteiger partial charge on any atom is 0.306 e. The second-order valence-corrected chi connectivity index (χ2v) is 17.7. The molecule has 6 nitrogen and oxygen atoms in total. The Morgan fingerprint density at radius 1 is 0.345 bits per heavy atom. The van der Waals surface area contributed by atoms with E-state index in [1.807, 2.05) is 0 Å². The predicted octanol–water partition coefficient (Wildman–Crippen LogP) is 15.4. The van der Waals surface area contributed by atoms with Gasteiger partial charge in [-0.2, -0.15) is 0 Å². The Kier molecular flexibility index (Phi) is 40.8. The first-order valence-corrected chi connectivity index (χ1v) is 24.2. The highest BCUT2D eigenvalue weighted by molar-refractivity contribution is 5.71. The minimum Gasteiger partial charge on any atom is -0.462 e. The molecule has 0 aromatic rings. The van der Waals surface area contributed by atoms with Crippen molar-refractivity contribution >= 4 is 17.9 Å². The van der Waals surface area contributed by atoms with Gasteiger partial charge in [-0.1, -0.05) is 227 Å². The van der Waals surface area contributed by atoms with E-state index in [1.165, 1.54) is 154 Å². The van der Waals surface area contributed by atoms with E-state index < -0.39 is 6.10 Å². The van der Waals surface area contributed by atoms with Crippen LogP contribution in [0, 0.1) is 11.8 Å². The summed E-state index contributed by atoms with van der Waals surface area (Å²) in [7, 11) is 0. The molecule has 0 aliphatic rings. The normalized spacial score (nSPS) is 12.1. The number of rotatable bonds is 43. The highest BCUT2D eigenvalue weighted by Gasteiger charge is 2.19. The van der Waals surface area contributed by atoms with E-state index in [0.717, 1.165) is 69.6 Å². The van der Waals surface area contributed by atoms with Gasteiger partial charge in [0.15, 0.2) is 6.10 Å². The van der Waals surface area contributed by atoms with Crippen molar-refractivity contribution in [1.82, 2.24) is 0 Å². The lowest BCUT2D eigenvalue weighted by Gasteiger charge is -2.18. The van der Waals surface area contributed by atoms with E-state index in [4.69, 9.17) is 14.2 Å². The monoisotopic (exact) mass is 779 g/mol. The molecule has 326 valence electrons. The number of esters is 3. The van der Waals surface area contributed by atoms with E-state index >= 15 is 0 Å². The van der Waals surface area contributed by atoms with Gasteiger partial charge in [0.2, 0.25) is 0 Å². The fraction of sp³-hybridized carbons (Fsp3) is 0.939. The SMILES string of the molecule is CCCCCCCCCC(=O)OC[C@@H](COC(=O)CCCCCCCCCCCCCCCCCC(C)C)OC(=O)CCCCCCCCCCCC(C)C. The second-order valence-electron chi connectivity index (χ2n) is 17.7. The van der Waals surface area contributed by atoms with Crippen molar-refractivity contribution in [3.05, 3.63) is 0 Å². The summed E-state index contributed by atoms with van der Waals surface area (Å²) in [6.45, 7) is 11.3. The van der Waals surface area contributed by atoms with Gasteiger partial charge in [0.1, 0.15) is 13.2 Å². The third-order valence-corrected chi connectivity index (χ3v) is 11.0. The molecule has 0 aliphatic carbocycles. The zero-order chi connectivity index (χ0) is 40.5. The molecule has 0 N–H and O–H groups in total. The lowest BCUT2D eigenvalue weighted by Crippen LogP contribution is -2.30. The first kappa shape index (κ1) is 53.4. The van der Waals surface area contributed by atoms with Crippen LogP contribution < -0.4 is 0 Å². The molecule has 0 fully saturated rings. The van der Waals surface area contributed by atoms with Crippen molar-refractivity contribution in [1.29, 1.82) is 0 Å². The van der Waals surface area contributed by atoms with E-state index in [-0.39, 0.29) is 31.1 Å². The molecule has 0 saturated heterocycles. The average Bonchev–Trinajstić information content (AvgIpc) is 3.15. The van der Waals surface area contributed by atoms with Crippen molar-refractivity contribution in [3.63, 3.8) is 0 Å². The molecule has 0 rings (SSSR count). The summed E-state index contributed by atoms with van der Waals surface area (Å²) in [6.07, 6.45) is 41.0. The van der Waals surface area contributed by atoms with E-state index in [9.17, 15) is 14.4 Å². The molecule has 0 aliphatic heterocycles. The first-order chi connectivity index (χ1) is 26.7. The highest BCUT2D eigenvalue weighted by atomic mass is 16.6. The van der Waals surface area contributed by atoms with Gasteiger partial charge >= 0.3 is 17.9 Å².